The highest BCUT2D eigenvalue weighted by molar-refractivity contribution is 5.92. The number of carbonyl (C=O) groups is 1. The maximum absolute atomic E-state index is 13.0. The van der Waals surface area contributed by atoms with Crippen molar-refractivity contribution in [3.63, 3.8) is 0 Å². The number of aliphatic imine (C=N–C) groups is 1. The molecule has 6 N–H and O–H groups in total. The zero-order chi connectivity index (χ0) is 36.2. The Morgan fingerprint density at radius 1 is 0.902 bits per heavy atom. The molecule has 4 aromatic rings. The van der Waals surface area contributed by atoms with Gasteiger partial charge < -0.3 is 35.8 Å². The fourth-order valence-corrected chi connectivity index (χ4v) is 6.60. The minimum Gasteiger partial charge on any atom is -0.508 e. The lowest BCUT2D eigenvalue weighted by Crippen LogP contribution is -2.23. The van der Waals surface area contributed by atoms with Gasteiger partial charge in [0.15, 0.2) is 17.5 Å². The molecule has 0 unspecified atom stereocenters. The number of ketones is 1. The van der Waals surface area contributed by atoms with Gasteiger partial charge in [0.2, 0.25) is 0 Å². The molecule has 9 nitrogen and oxygen atoms in total. The van der Waals surface area contributed by atoms with Crippen LogP contribution in [0.5, 0.6) is 17.2 Å². The smallest absolute Gasteiger partial charge is 0.192 e. The number of phenolic OH excluding ortho intramolecular Hbond substituents is 1. The predicted molar refractivity (Wildman–Crippen MR) is 204 cm³/mol. The van der Waals surface area contributed by atoms with Crippen molar-refractivity contribution in [2.75, 3.05) is 19.5 Å². The van der Waals surface area contributed by atoms with Crippen molar-refractivity contribution in [1.82, 2.24) is 0 Å². The number of nitrogens with zero attached hydrogens (tertiary/aromatic N) is 1. The Kier molecular flexibility index (Phi) is 13.1. The van der Waals surface area contributed by atoms with Crippen molar-refractivity contribution < 1.29 is 29.6 Å². The lowest BCUT2D eigenvalue weighted by atomic mass is 9.80. The van der Waals surface area contributed by atoms with E-state index in [1.807, 2.05) is 66.7 Å². The van der Waals surface area contributed by atoms with Gasteiger partial charge >= 0.3 is 0 Å². The molecular weight excluding hydrogens is 642 g/mol. The molecule has 0 bridgehead atoms. The zero-order valence-electron chi connectivity index (χ0n) is 29.4. The zero-order valence-corrected chi connectivity index (χ0v) is 29.4. The lowest BCUT2D eigenvalue weighted by molar-refractivity contribution is -0.121. The van der Waals surface area contributed by atoms with Crippen LogP contribution < -0.4 is 20.5 Å². The normalized spacial score (nSPS) is 16.5. The van der Waals surface area contributed by atoms with Crippen LogP contribution in [0.3, 0.4) is 0 Å². The van der Waals surface area contributed by atoms with E-state index in [1.165, 1.54) is 5.56 Å². The van der Waals surface area contributed by atoms with Crippen molar-refractivity contribution in [2.45, 2.75) is 64.1 Å². The summed E-state index contributed by atoms with van der Waals surface area (Å²) in [6.07, 6.45) is 9.91. The first-order chi connectivity index (χ1) is 24.7. The molecule has 0 amide bonds. The maximum Gasteiger partial charge on any atom is 0.192 e. The fourth-order valence-electron chi connectivity index (χ4n) is 6.60. The SMILES string of the molecule is CN=C(N)Nc1cccc(CCCC[C@H]2C=CC(O)=C[C@H]2C[C@H](O)CC(=O)CCc2ccc(OC)c(OCc3ccc4cc(O)ccc4c3)c2)c1. The van der Waals surface area contributed by atoms with Crippen LogP contribution >= 0.6 is 0 Å². The summed E-state index contributed by atoms with van der Waals surface area (Å²) < 4.78 is 11.7. The molecule has 4 aromatic carbocycles. The number of allylic oxidation sites excluding steroid dienone is 3. The van der Waals surface area contributed by atoms with Crippen molar-refractivity contribution in [3.05, 3.63) is 120 Å². The Balaban J connectivity index is 1.08. The number of nitrogens with two attached hydrogens (primary N) is 1. The highest BCUT2D eigenvalue weighted by Crippen LogP contribution is 2.32. The number of aliphatic hydroxyl groups is 2. The number of unbranched alkanes of at least 4 members (excludes halogenated alkanes) is 1. The highest BCUT2D eigenvalue weighted by atomic mass is 16.5. The summed E-state index contributed by atoms with van der Waals surface area (Å²) in [4.78, 5) is 16.9. The Morgan fingerprint density at radius 2 is 1.69 bits per heavy atom. The average molecular weight is 692 g/mol. The average Bonchev–Trinajstić information content (AvgIpc) is 3.12. The molecule has 0 aromatic heterocycles. The minimum absolute atomic E-state index is 0.0113. The largest absolute Gasteiger partial charge is 0.508 e. The number of aryl methyl sites for hydroxylation is 2. The van der Waals surface area contributed by atoms with Gasteiger partial charge in [-0.25, -0.2) is 0 Å². The molecule has 9 heteroatoms. The van der Waals surface area contributed by atoms with Crippen LogP contribution in [0, 0.1) is 11.8 Å². The van der Waals surface area contributed by atoms with Gasteiger partial charge in [-0.2, -0.15) is 0 Å². The summed E-state index contributed by atoms with van der Waals surface area (Å²) in [5.74, 6) is 2.13. The number of fused-ring (bicyclic) bond motifs is 1. The van der Waals surface area contributed by atoms with Gasteiger partial charge in [0, 0.05) is 25.6 Å². The van der Waals surface area contributed by atoms with E-state index in [0.717, 1.165) is 53.3 Å². The first-order valence-corrected chi connectivity index (χ1v) is 17.6. The Bertz CT molecular complexity index is 1880. The van der Waals surface area contributed by atoms with E-state index >= 15 is 0 Å². The molecule has 3 atom stereocenters. The third kappa shape index (κ3) is 11.1. The van der Waals surface area contributed by atoms with Crippen molar-refractivity contribution >= 4 is 28.2 Å². The molecule has 0 radical (unpaired) electrons. The van der Waals surface area contributed by atoms with Crippen molar-refractivity contribution in [2.24, 2.45) is 22.6 Å². The molecule has 0 heterocycles. The van der Waals surface area contributed by atoms with E-state index in [9.17, 15) is 20.1 Å². The number of benzene rings is 4. The Morgan fingerprint density at radius 3 is 2.51 bits per heavy atom. The van der Waals surface area contributed by atoms with Gasteiger partial charge in [0.25, 0.3) is 0 Å². The maximum atomic E-state index is 13.0. The summed E-state index contributed by atoms with van der Waals surface area (Å²) in [5, 5.41) is 35.9. The number of phenols is 1. The molecule has 268 valence electrons. The molecule has 0 fully saturated rings. The Hall–Kier alpha value is -5.28. The van der Waals surface area contributed by atoms with Crippen LogP contribution in [0.25, 0.3) is 10.8 Å². The van der Waals surface area contributed by atoms with Crippen molar-refractivity contribution in [1.29, 1.82) is 0 Å². The molecule has 0 spiro atoms. The van der Waals surface area contributed by atoms with Crippen LogP contribution in [-0.4, -0.2) is 47.3 Å². The van der Waals surface area contributed by atoms with E-state index in [1.54, 1.807) is 32.4 Å². The van der Waals surface area contributed by atoms with E-state index in [0.29, 0.717) is 43.3 Å². The third-order valence-electron chi connectivity index (χ3n) is 9.35. The number of ether oxygens (including phenoxy) is 2. The number of hydrogen-bond donors (Lipinski definition) is 5. The second kappa shape index (κ2) is 18.1. The second-order valence-electron chi connectivity index (χ2n) is 13.2. The van der Waals surface area contributed by atoms with Gasteiger partial charge in [-0.05, 0) is 126 Å². The first-order valence-electron chi connectivity index (χ1n) is 17.6. The number of hydrogen-bond acceptors (Lipinski definition) is 7. The van der Waals surface area contributed by atoms with Gasteiger partial charge in [-0.3, -0.25) is 9.79 Å². The number of methoxy groups -OCH3 is 1. The summed E-state index contributed by atoms with van der Waals surface area (Å²) in [7, 11) is 3.24. The lowest BCUT2D eigenvalue weighted by Gasteiger charge is -2.27. The summed E-state index contributed by atoms with van der Waals surface area (Å²) in [6.45, 7) is 0.333. The van der Waals surface area contributed by atoms with E-state index in [2.05, 4.69) is 22.4 Å². The first kappa shape index (κ1) is 37.0. The molecule has 5 rings (SSSR count). The van der Waals surface area contributed by atoms with Crippen molar-refractivity contribution in [3.8, 4) is 17.2 Å². The monoisotopic (exact) mass is 691 g/mol. The molecule has 0 aliphatic heterocycles. The number of rotatable bonds is 17. The molecule has 0 saturated heterocycles. The predicted octanol–water partition coefficient (Wildman–Crippen LogP) is 7.79. The van der Waals surface area contributed by atoms with Crippen LogP contribution in [-0.2, 0) is 24.2 Å². The number of aliphatic hydroxyl groups excluding tert-OH is 2. The van der Waals surface area contributed by atoms with Crippen LogP contribution in [0.1, 0.15) is 55.2 Å². The topological polar surface area (TPSA) is 147 Å². The molecular formula is C42H49N3O6. The number of carbonyl (C=O) groups excluding carboxylic acids is 1. The molecule has 0 saturated carbocycles. The van der Waals surface area contributed by atoms with E-state index in [-0.39, 0.29) is 35.5 Å². The standard InChI is InChI=1S/C42H49N3O6/c1-44-42(43)45-35-9-5-7-28(21-35)6-3-4-8-31-14-17-37(47)24-34(31)25-39(49)26-38(48)16-11-29-12-19-40(50-2)41(22-29)51-27-30-10-13-33-23-36(46)18-15-32(33)20-30/h5,7,9-10,12-15,17-24,31,34,39,46-47,49H,3-4,6,8,11,16,25-27H2,1-2H3,(H3,43,44,45)/t31-,34-,39-/m0/s1. The van der Waals surface area contributed by atoms with Gasteiger partial charge in [-0.15, -0.1) is 0 Å². The van der Waals surface area contributed by atoms with Crippen LogP contribution in [0.4, 0.5) is 5.69 Å². The van der Waals surface area contributed by atoms with Gasteiger partial charge in [0.1, 0.15) is 23.9 Å². The number of aromatic hydroxyl groups is 1. The van der Waals surface area contributed by atoms with Gasteiger partial charge in [-0.1, -0.05) is 48.9 Å². The summed E-state index contributed by atoms with van der Waals surface area (Å²) >= 11 is 0. The second-order valence-corrected chi connectivity index (χ2v) is 13.2. The highest BCUT2D eigenvalue weighted by Gasteiger charge is 2.25. The molecule has 1 aliphatic rings. The Labute approximate surface area is 300 Å². The number of nitrogens with one attached hydrogen (secondary N) is 1. The number of Topliss-reactive ketones (excluding diaryl/α,β-unsaturated/α-hetero) is 1. The van der Waals surface area contributed by atoms with Crippen LogP contribution in [0.2, 0.25) is 0 Å². The fraction of sp³-hybridized carbons (Fsp3) is 0.333. The minimum atomic E-state index is -0.796. The summed E-state index contributed by atoms with van der Waals surface area (Å²) in [6, 6.07) is 25.0. The van der Waals surface area contributed by atoms with Gasteiger partial charge in [0.05, 0.1) is 13.2 Å². The van der Waals surface area contributed by atoms with E-state index in [4.69, 9.17) is 15.2 Å². The third-order valence-corrected chi connectivity index (χ3v) is 9.35. The number of guanidine groups is 1. The van der Waals surface area contributed by atoms with E-state index < -0.39 is 6.10 Å². The number of anilines is 1. The molecule has 1 aliphatic carbocycles. The quantitative estimate of drug-likeness (QED) is 0.0429. The molecule has 51 heavy (non-hydrogen) atoms. The summed E-state index contributed by atoms with van der Waals surface area (Å²) in [5.41, 5.74) is 9.84. The van der Waals surface area contributed by atoms with Crippen LogP contribution in [0.15, 0.2) is 108 Å².